The third kappa shape index (κ3) is 6.33. The Morgan fingerprint density at radius 2 is 1.26 bits per heavy atom. The fourth-order valence-electron chi connectivity index (χ4n) is 5.52. The van der Waals surface area contributed by atoms with Crippen molar-refractivity contribution < 1.29 is 42.2 Å². The normalized spacial score (nSPS) is 15.4. The number of ether oxygens (including phenoxy) is 4. The van der Waals surface area contributed by atoms with Crippen LogP contribution in [-0.2, 0) is 14.8 Å². The van der Waals surface area contributed by atoms with E-state index in [1.165, 1.54) is 33.1 Å². The van der Waals surface area contributed by atoms with E-state index in [4.69, 9.17) is 27.8 Å². The molecule has 9 nitrogen and oxygen atoms in total. The van der Waals surface area contributed by atoms with E-state index in [0.29, 0.717) is 50.8 Å². The van der Waals surface area contributed by atoms with Crippen LogP contribution < -0.4 is 9.47 Å². The van der Waals surface area contributed by atoms with Crippen molar-refractivity contribution in [3.8, 4) is 11.5 Å². The number of alkyl halides is 1. The van der Waals surface area contributed by atoms with Gasteiger partial charge in [0.05, 0.1) is 42.9 Å². The van der Waals surface area contributed by atoms with Crippen LogP contribution in [0.4, 0.5) is 0 Å². The standard InChI is InChI=1S/C16H17BrO4.C16H16O5/c2*1-19-16(18)12-6-7-14(20-10-4-2-3-5-10)15-13(12)8-11(9-17)21-15/h6-8,10H,2-5,9H2,1H3;6-10H,2-5H2,1H3. The Balaban J connectivity index is 0.000000168. The largest absolute Gasteiger partial charge is 0.486 e. The fourth-order valence-corrected chi connectivity index (χ4v) is 5.80. The number of halogens is 1. The molecule has 2 fully saturated rings. The van der Waals surface area contributed by atoms with Gasteiger partial charge in [-0.05, 0) is 87.8 Å². The second-order valence-corrected chi connectivity index (χ2v) is 10.9. The second kappa shape index (κ2) is 13.5. The van der Waals surface area contributed by atoms with Gasteiger partial charge in [0.25, 0.3) is 0 Å². The maximum Gasteiger partial charge on any atom is 0.338 e. The predicted octanol–water partition coefficient (Wildman–Crippen LogP) is 7.79. The third-order valence-corrected chi connectivity index (χ3v) is 8.17. The monoisotopic (exact) mass is 640 g/mol. The first-order valence-electron chi connectivity index (χ1n) is 14.1. The summed E-state index contributed by atoms with van der Waals surface area (Å²) < 4.78 is 32.9. The van der Waals surface area contributed by atoms with Crippen LogP contribution in [0, 0.1) is 0 Å². The van der Waals surface area contributed by atoms with Crippen LogP contribution in [0.15, 0.2) is 45.2 Å². The third-order valence-electron chi connectivity index (χ3n) is 7.62. The number of methoxy groups -OCH3 is 2. The number of hydrogen-bond donors (Lipinski definition) is 0. The smallest absolute Gasteiger partial charge is 0.338 e. The van der Waals surface area contributed by atoms with Gasteiger partial charge in [0.2, 0.25) is 0 Å². The first-order chi connectivity index (χ1) is 20.4. The molecule has 0 bridgehead atoms. The van der Waals surface area contributed by atoms with Crippen LogP contribution in [0.2, 0.25) is 0 Å². The van der Waals surface area contributed by atoms with Crippen molar-refractivity contribution in [2.75, 3.05) is 14.2 Å². The van der Waals surface area contributed by atoms with E-state index < -0.39 is 5.97 Å². The van der Waals surface area contributed by atoms with Crippen molar-refractivity contribution in [2.24, 2.45) is 0 Å². The summed E-state index contributed by atoms with van der Waals surface area (Å²) in [6, 6.07) is 10.3. The number of benzene rings is 2. The van der Waals surface area contributed by atoms with Crippen molar-refractivity contribution in [1.29, 1.82) is 0 Å². The lowest BCUT2D eigenvalue weighted by atomic mass is 10.1. The number of esters is 2. The average molecular weight is 642 g/mol. The van der Waals surface area contributed by atoms with Gasteiger partial charge in [0, 0.05) is 10.8 Å². The molecule has 10 heteroatoms. The topological polar surface area (TPSA) is 114 Å². The first-order valence-corrected chi connectivity index (χ1v) is 15.2. The van der Waals surface area contributed by atoms with Gasteiger partial charge in [-0.15, -0.1) is 0 Å². The van der Waals surface area contributed by atoms with Crippen molar-refractivity contribution >= 4 is 56.1 Å². The van der Waals surface area contributed by atoms with Gasteiger partial charge in [0.15, 0.2) is 34.7 Å². The molecular formula is C32H33BrO9. The molecule has 2 aromatic heterocycles. The Morgan fingerprint density at radius 1 is 0.786 bits per heavy atom. The van der Waals surface area contributed by atoms with Gasteiger partial charge in [-0.25, -0.2) is 9.59 Å². The van der Waals surface area contributed by atoms with E-state index in [1.54, 1.807) is 24.3 Å². The molecule has 2 aromatic carbocycles. The lowest BCUT2D eigenvalue weighted by molar-refractivity contribution is 0.0594. The Bertz CT molecular complexity index is 1570. The summed E-state index contributed by atoms with van der Waals surface area (Å²) in [5, 5.41) is 1.87. The molecular weight excluding hydrogens is 608 g/mol. The van der Waals surface area contributed by atoms with Crippen molar-refractivity contribution in [1.82, 2.24) is 0 Å². The van der Waals surface area contributed by atoms with Crippen molar-refractivity contribution in [3.63, 3.8) is 0 Å². The van der Waals surface area contributed by atoms with Gasteiger partial charge in [0.1, 0.15) is 5.76 Å². The molecule has 4 aromatic rings. The summed E-state index contributed by atoms with van der Waals surface area (Å²) in [5.41, 5.74) is 1.91. The average Bonchev–Trinajstić information content (AvgIpc) is 3.84. The number of hydrogen-bond acceptors (Lipinski definition) is 9. The zero-order valence-electron chi connectivity index (χ0n) is 23.6. The quantitative estimate of drug-likeness (QED) is 0.108. The lowest BCUT2D eigenvalue weighted by Gasteiger charge is -2.13. The van der Waals surface area contributed by atoms with Gasteiger partial charge in [-0.3, -0.25) is 4.79 Å². The highest BCUT2D eigenvalue weighted by Crippen LogP contribution is 2.36. The fraction of sp³-hybridized carbons (Fsp3) is 0.406. The van der Waals surface area contributed by atoms with Crippen LogP contribution >= 0.6 is 15.9 Å². The molecule has 0 spiro atoms. The van der Waals surface area contributed by atoms with Gasteiger partial charge < -0.3 is 27.8 Å². The maximum absolute atomic E-state index is 11.9. The van der Waals surface area contributed by atoms with Crippen molar-refractivity contribution in [3.05, 3.63) is 59.0 Å². The molecule has 2 aliphatic rings. The highest BCUT2D eigenvalue weighted by molar-refractivity contribution is 9.08. The molecule has 0 radical (unpaired) electrons. The second-order valence-electron chi connectivity index (χ2n) is 10.4. The van der Waals surface area contributed by atoms with Crippen LogP contribution in [0.5, 0.6) is 11.5 Å². The molecule has 0 atom stereocenters. The van der Waals surface area contributed by atoms with Gasteiger partial charge >= 0.3 is 11.9 Å². The predicted molar refractivity (Wildman–Crippen MR) is 159 cm³/mol. The number of aldehydes is 1. The molecule has 0 unspecified atom stereocenters. The van der Waals surface area contributed by atoms with Gasteiger partial charge in [-0.1, -0.05) is 15.9 Å². The molecule has 0 amide bonds. The zero-order valence-corrected chi connectivity index (χ0v) is 25.2. The van der Waals surface area contributed by atoms with E-state index in [-0.39, 0.29) is 23.9 Å². The molecule has 6 rings (SSSR count). The molecule has 2 heterocycles. The Hall–Kier alpha value is -3.79. The highest BCUT2D eigenvalue weighted by atomic mass is 79.9. The molecule has 2 aliphatic carbocycles. The van der Waals surface area contributed by atoms with Crippen LogP contribution in [0.3, 0.4) is 0 Å². The van der Waals surface area contributed by atoms with Gasteiger partial charge in [-0.2, -0.15) is 0 Å². The molecule has 2 saturated carbocycles. The number of rotatable bonds is 8. The Kier molecular flexibility index (Phi) is 9.51. The maximum atomic E-state index is 11.9. The number of carbonyl (C=O) groups is 3. The van der Waals surface area contributed by atoms with E-state index in [2.05, 4.69) is 15.9 Å². The summed E-state index contributed by atoms with van der Waals surface area (Å²) in [6.07, 6.45) is 9.94. The summed E-state index contributed by atoms with van der Waals surface area (Å²) >= 11 is 3.38. The van der Waals surface area contributed by atoms with Crippen molar-refractivity contribution in [2.45, 2.75) is 68.9 Å². The van der Waals surface area contributed by atoms with Crippen LogP contribution in [0.1, 0.15) is 88.4 Å². The van der Waals surface area contributed by atoms with Crippen LogP contribution in [0.25, 0.3) is 21.9 Å². The van der Waals surface area contributed by atoms with E-state index in [1.807, 2.05) is 6.07 Å². The minimum atomic E-state index is -0.467. The minimum absolute atomic E-state index is 0.164. The minimum Gasteiger partial charge on any atom is -0.486 e. The molecule has 222 valence electrons. The first kappa shape index (κ1) is 29.7. The summed E-state index contributed by atoms with van der Waals surface area (Å²) in [4.78, 5) is 34.6. The summed E-state index contributed by atoms with van der Waals surface area (Å²) in [6.45, 7) is 0. The Labute approximate surface area is 251 Å². The summed E-state index contributed by atoms with van der Waals surface area (Å²) in [7, 11) is 2.69. The number of carbonyl (C=O) groups excluding carboxylic acids is 3. The molecule has 0 N–H and O–H groups in total. The Morgan fingerprint density at radius 3 is 1.71 bits per heavy atom. The van der Waals surface area contributed by atoms with E-state index in [9.17, 15) is 14.4 Å². The lowest BCUT2D eigenvalue weighted by Crippen LogP contribution is -2.11. The summed E-state index contributed by atoms with van der Waals surface area (Å²) in [5.74, 6) is 1.37. The highest BCUT2D eigenvalue weighted by Gasteiger charge is 2.23. The zero-order chi connectivity index (χ0) is 29.6. The SMILES string of the molecule is COC(=O)c1ccc(OC2CCCC2)c2oc(C=O)cc12.COC(=O)c1ccc(OC2CCCC2)c2oc(CBr)cc12. The van der Waals surface area contributed by atoms with Crippen LogP contribution in [-0.4, -0.2) is 44.7 Å². The van der Waals surface area contributed by atoms with E-state index >= 15 is 0 Å². The molecule has 42 heavy (non-hydrogen) atoms. The van der Waals surface area contributed by atoms with E-state index in [0.717, 1.165) is 49.7 Å². The number of fused-ring (bicyclic) bond motifs is 2. The molecule has 0 saturated heterocycles. The number of furan rings is 2. The molecule has 0 aliphatic heterocycles.